The lowest BCUT2D eigenvalue weighted by molar-refractivity contribution is -0.584. The van der Waals surface area contributed by atoms with Gasteiger partial charge in [-0.3, -0.25) is 24.5 Å². The third kappa shape index (κ3) is 14.0. The zero-order valence-electron chi connectivity index (χ0n) is 55.4. The van der Waals surface area contributed by atoms with E-state index in [4.69, 9.17) is 61.6 Å². The standard InChI is InChI=1S/C67H96N2O24/c1-30-14-18-47(88-54-28-65(11,69(79)80)60(38(9)86-54)68-64(78)81-13)31(2)23-43-45(73)24-40(29-70)27-67(43)62(76)55(63(77)93-67)61(75)66(12)42(30)16-15-41-56(66)32(3)22-33(4)57(41)92-53-26-49(59(37(8)85-53)87-39(10)71)90-50-21-19-48(35(6)83-50)89-52-25-46(74)58(36(7)84-52)91-51-20-17-44(72)34(5)82-51/h14-16,23-24,29,32-38,41-54,56-60,72-74,76H,17-22,25-28H2,1-13H3,(H,68,78)/b30-14+,31-23+/t32-,33-,34-,35-,36-,37-,38+,41-,42-,43+,44+,45-,46+,47-,48?,49+,50-,51-,52-,53-,54-,56+,57?,58?,59-,60-,65?,66+,67?/m0/s1. The summed E-state index contributed by atoms with van der Waals surface area (Å²) < 4.78 is 81.5. The Morgan fingerprint density at radius 1 is 0.720 bits per heavy atom. The van der Waals surface area contributed by atoms with E-state index in [1.165, 1.54) is 19.9 Å². The Labute approximate surface area is 542 Å². The van der Waals surface area contributed by atoms with Crippen LogP contribution in [0.3, 0.4) is 0 Å². The second-order valence-corrected chi connectivity index (χ2v) is 28.2. The number of aliphatic hydroxyl groups is 4. The monoisotopic (exact) mass is 1310 g/mol. The number of ketones is 1. The van der Waals surface area contributed by atoms with Crippen molar-refractivity contribution >= 4 is 30.1 Å². The number of hydrogen-bond donors (Lipinski definition) is 5. The number of allylic oxidation sites excluding steroid dienone is 2. The molecule has 0 aromatic carbocycles. The topological polar surface area (TPSA) is 341 Å². The molecule has 0 aromatic heterocycles. The summed E-state index contributed by atoms with van der Waals surface area (Å²) in [6.45, 7) is 21.0. The number of methoxy groups -OCH3 is 1. The summed E-state index contributed by atoms with van der Waals surface area (Å²) in [6.07, 6.45) is -4.20. The molecule has 1 saturated carbocycles. The van der Waals surface area contributed by atoms with E-state index in [1.54, 1.807) is 40.7 Å². The molecule has 5 saturated heterocycles. The minimum Gasteiger partial charge on any atom is -0.507 e. The summed E-state index contributed by atoms with van der Waals surface area (Å²) in [5.74, 6) is -6.55. The van der Waals surface area contributed by atoms with Crippen molar-refractivity contribution in [2.75, 3.05) is 7.11 Å². The summed E-state index contributed by atoms with van der Waals surface area (Å²) in [5.41, 5.74) is -4.90. The Hall–Kier alpha value is -5.07. The molecule has 10 aliphatic rings. The Bertz CT molecular complexity index is 2960. The summed E-state index contributed by atoms with van der Waals surface area (Å²) >= 11 is 0. The molecule has 6 heterocycles. The van der Waals surface area contributed by atoms with Gasteiger partial charge in [0.15, 0.2) is 54.7 Å². The third-order valence-electron chi connectivity index (χ3n) is 21.7. The number of fused-ring (bicyclic) bond motifs is 3. The fourth-order valence-electron chi connectivity index (χ4n) is 16.9. The second kappa shape index (κ2) is 28.2. The highest BCUT2D eigenvalue weighted by atomic mass is 16.8. The molecular weight excluding hydrogens is 1220 g/mol. The molecule has 1 spiro atoms. The summed E-state index contributed by atoms with van der Waals surface area (Å²) in [4.78, 5) is 81.1. The number of nitro groups is 1. The zero-order valence-corrected chi connectivity index (χ0v) is 55.4. The summed E-state index contributed by atoms with van der Waals surface area (Å²) in [7, 11) is 1.15. The molecule has 6 fully saturated rings. The fourth-order valence-corrected chi connectivity index (χ4v) is 16.9. The van der Waals surface area contributed by atoms with E-state index in [9.17, 15) is 49.7 Å². The molecule has 29 atom stereocenters. The van der Waals surface area contributed by atoms with Crippen LogP contribution < -0.4 is 5.32 Å². The van der Waals surface area contributed by atoms with Crippen LogP contribution in [0.2, 0.25) is 0 Å². The highest BCUT2D eigenvalue weighted by molar-refractivity contribution is 6.21. The highest BCUT2D eigenvalue weighted by Crippen LogP contribution is 2.60. The number of hydrogen-bond acceptors (Lipinski definition) is 24. The molecule has 26 heteroatoms. The molecule has 5 unspecified atom stereocenters. The van der Waals surface area contributed by atoms with Crippen molar-refractivity contribution < 1.29 is 111 Å². The molecule has 0 aromatic rings. The number of carbonyl (C=O) groups excluding carboxylic acids is 5. The Morgan fingerprint density at radius 3 is 2.01 bits per heavy atom. The molecule has 518 valence electrons. The fraction of sp³-hybridized carbons (Fsp3) is 0.776. The van der Waals surface area contributed by atoms with Gasteiger partial charge in [-0.1, -0.05) is 50.6 Å². The van der Waals surface area contributed by atoms with Crippen LogP contribution in [0.25, 0.3) is 0 Å². The number of nitrogens with zero attached hydrogens (tertiary/aromatic N) is 1. The number of esters is 2. The van der Waals surface area contributed by atoms with E-state index < -0.39 is 203 Å². The first-order chi connectivity index (χ1) is 43.9. The highest BCUT2D eigenvalue weighted by Gasteiger charge is 2.65. The Morgan fingerprint density at radius 2 is 1.35 bits per heavy atom. The van der Waals surface area contributed by atoms with E-state index in [0.29, 0.717) is 49.5 Å². The molecule has 10 rings (SSSR count). The van der Waals surface area contributed by atoms with Gasteiger partial charge in [0.1, 0.15) is 30.1 Å². The first-order valence-corrected chi connectivity index (χ1v) is 33.1. The third-order valence-corrected chi connectivity index (χ3v) is 21.7. The molecule has 5 N–H and O–H groups in total. The van der Waals surface area contributed by atoms with E-state index in [0.717, 1.165) is 7.11 Å². The van der Waals surface area contributed by atoms with Crippen molar-refractivity contribution in [1.29, 1.82) is 0 Å². The van der Waals surface area contributed by atoms with Gasteiger partial charge in [-0.15, -0.1) is 0 Å². The van der Waals surface area contributed by atoms with Crippen LogP contribution in [0.15, 0.2) is 58.4 Å². The maximum Gasteiger partial charge on any atom is 0.407 e. The normalized spacial score (nSPS) is 47.4. The van der Waals surface area contributed by atoms with Gasteiger partial charge in [-0.25, -0.2) is 9.59 Å². The quantitative estimate of drug-likeness (QED) is 0.0240. The average molecular weight is 1310 g/mol. The second-order valence-electron chi connectivity index (χ2n) is 28.2. The van der Waals surface area contributed by atoms with Gasteiger partial charge in [0.25, 0.3) is 0 Å². The van der Waals surface area contributed by atoms with Crippen LogP contribution in [-0.4, -0.2) is 197 Å². The SMILES string of the molecule is COC(=O)N[C@H]1[C@@H](C)O[C@@H](O[C@H]2C/C=C(\C)[C@@H]3C=C[C@@H]4C(O[C@H]5C[C@@H](O[C@H]6CCC(O[C@H]7C[C@@H](O)C(O[C@H]8CC[C@@H](O)[C@H](C)O8)[C@H](C)O7)[C@H](C)O6)[C@@H](OC(C)=O)[C@H](C)O5)[C@@H](C)C[C@H](C)[C@H]4[C@]3(C)C(=O)C3=C(O)C4(CC(C=O)=C[C@H](O)[C@H]4/C=C/2C)OC3=O)CC1(C)[N+](=O)[O-]. The van der Waals surface area contributed by atoms with Crippen molar-refractivity contribution in [3.8, 4) is 0 Å². The zero-order chi connectivity index (χ0) is 67.5. The molecular formula is C67H96N2O24. The van der Waals surface area contributed by atoms with Crippen LogP contribution in [0, 0.1) is 51.0 Å². The first kappa shape index (κ1) is 70.7. The van der Waals surface area contributed by atoms with Crippen LogP contribution >= 0.6 is 0 Å². The van der Waals surface area contributed by atoms with Crippen LogP contribution in [0.4, 0.5) is 4.79 Å². The minimum absolute atomic E-state index is 0.0176. The van der Waals surface area contributed by atoms with Crippen LogP contribution in [0.5, 0.6) is 0 Å². The van der Waals surface area contributed by atoms with Crippen molar-refractivity contribution in [2.45, 2.75) is 281 Å². The molecule has 93 heavy (non-hydrogen) atoms. The van der Waals surface area contributed by atoms with Gasteiger partial charge in [-0.2, -0.15) is 0 Å². The molecule has 4 aliphatic carbocycles. The predicted octanol–water partition coefficient (Wildman–Crippen LogP) is 6.36. The van der Waals surface area contributed by atoms with Gasteiger partial charge < -0.3 is 87.3 Å². The number of amides is 1. The van der Waals surface area contributed by atoms with Crippen molar-refractivity contribution in [3.63, 3.8) is 0 Å². The van der Waals surface area contributed by atoms with E-state index >= 15 is 4.79 Å². The smallest absolute Gasteiger partial charge is 0.407 e. The molecule has 26 nitrogen and oxygen atoms in total. The lowest BCUT2D eigenvalue weighted by Gasteiger charge is -2.56. The Kier molecular flexibility index (Phi) is 21.4. The number of alkyl carbamates (subject to hydrolysis) is 1. The van der Waals surface area contributed by atoms with Gasteiger partial charge in [0.2, 0.25) is 5.54 Å². The van der Waals surface area contributed by atoms with Crippen molar-refractivity contribution in [1.82, 2.24) is 5.32 Å². The lowest BCUT2D eigenvalue weighted by atomic mass is 9.48. The maximum absolute atomic E-state index is 16.2. The largest absolute Gasteiger partial charge is 0.507 e. The van der Waals surface area contributed by atoms with Crippen LogP contribution in [0.1, 0.15) is 147 Å². The molecule has 6 aliphatic heterocycles. The molecule has 1 amide bonds. The van der Waals surface area contributed by atoms with E-state index in [1.807, 2.05) is 39.0 Å². The van der Waals surface area contributed by atoms with E-state index in [2.05, 4.69) is 19.2 Å². The summed E-state index contributed by atoms with van der Waals surface area (Å²) in [5, 5.41) is 61.5. The summed E-state index contributed by atoms with van der Waals surface area (Å²) in [6, 6.07) is -1.12. The number of rotatable bonds is 14. The number of nitrogens with one attached hydrogen (secondary N) is 1. The van der Waals surface area contributed by atoms with Gasteiger partial charge in [0.05, 0.1) is 86.6 Å². The number of aldehydes is 1. The predicted molar refractivity (Wildman–Crippen MR) is 325 cm³/mol. The molecule has 2 bridgehead atoms. The minimum atomic E-state index is -2.13. The van der Waals surface area contributed by atoms with Crippen molar-refractivity contribution in [3.05, 3.63) is 68.5 Å². The van der Waals surface area contributed by atoms with Gasteiger partial charge >= 0.3 is 18.0 Å². The van der Waals surface area contributed by atoms with Crippen LogP contribution in [-0.2, 0) is 80.8 Å². The molecule has 0 radical (unpaired) electrons. The lowest BCUT2D eigenvalue weighted by Crippen LogP contribution is -2.65. The van der Waals surface area contributed by atoms with E-state index in [-0.39, 0.29) is 49.5 Å². The van der Waals surface area contributed by atoms with Gasteiger partial charge in [0, 0.05) is 68.1 Å². The van der Waals surface area contributed by atoms with Gasteiger partial charge in [-0.05, 0) is 109 Å². The Balaban J connectivity index is 0.902. The number of ether oxygens (including phenoxy) is 13. The number of carbonyl (C=O) groups is 5. The van der Waals surface area contributed by atoms with Crippen molar-refractivity contribution in [2.24, 2.45) is 40.9 Å². The number of Topliss-reactive ketones (excluding diaryl/α,β-unsaturated/α-hetero) is 1. The maximum atomic E-state index is 16.2. The number of aliphatic hydroxyl groups excluding tert-OH is 4. The first-order valence-electron chi connectivity index (χ1n) is 33.1. The average Bonchev–Trinajstić information content (AvgIpc) is 1.68.